The van der Waals surface area contributed by atoms with E-state index >= 15 is 0 Å². The Morgan fingerprint density at radius 1 is 1.30 bits per heavy atom. The molecule has 0 radical (unpaired) electrons. The molecule has 7 heteroatoms. The normalized spacial score (nSPS) is 15.3. The quantitative estimate of drug-likeness (QED) is 0.870. The molecule has 0 aliphatic carbocycles. The maximum Gasteiger partial charge on any atom is 0.230 e. The molecule has 0 bridgehead atoms. The lowest BCUT2D eigenvalue weighted by molar-refractivity contribution is 0.122. The van der Waals surface area contributed by atoms with Crippen LogP contribution in [0.4, 0.5) is 11.9 Å². The molecule has 7 nitrogen and oxygen atoms in total. The molecule has 0 atom stereocenters. The minimum atomic E-state index is 0.605. The van der Waals surface area contributed by atoms with E-state index in [4.69, 9.17) is 4.74 Å². The molecule has 0 aromatic carbocycles. The Morgan fingerprint density at radius 3 is 2.85 bits per heavy atom. The number of nitrogens with one attached hydrogen (secondary N) is 2. The van der Waals surface area contributed by atoms with Gasteiger partial charge in [0.2, 0.25) is 11.9 Å². The molecule has 0 saturated carbocycles. The largest absolute Gasteiger partial charge is 0.378 e. The molecule has 1 aliphatic heterocycles. The molecule has 1 aliphatic rings. The summed E-state index contributed by atoms with van der Waals surface area (Å²) in [5.41, 5.74) is 0.890. The number of H-pyrrole nitrogens is 1. The molecular weight excluding hydrogens is 256 g/mol. The van der Waals surface area contributed by atoms with E-state index in [0.29, 0.717) is 30.9 Å². The first kappa shape index (κ1) is 12.9. The van der Waals surface area contributed by atoms with Crippen molar-refractivity contribution in [2.24, 2.45) is 0 Å². The minimum Gasteiger partial charge on any atom is -0.378 e. The number of hydrogen-bond acceptors (Lipinski definition) is 6. The SMILES string of the molecule is CCNc1nc(-c2ccc[nH]2)nc(N2CCOCC2)n1. The molecule has 20 heavy (non-hydrogen) atoms. The topological polar surface area (TPSA) is 79.0 Å². The lowest BCUT2D eigenvalue weighted by Crippen LogP contribution is -2.37. The Kier molecular flexibility index (Phi) is 3.78. The average Bonchev–Trinajstić information content (AvgIpc) is 3.02. The van der Waals surface area contributed by atoms with Crippen LogP contribution in [0.25, 0.3) is 11.5 Å². The fourth-order valence-corrected chi connectivity index (χ4v) is 2.10. The highest BCUT2D eigenvalue weighted by Crippen LogP contribution is 2.18. The van der Waals surface area contributed by atoms with Crippen molar-refractivity contribution in [2.45, 2.75) is 6.92 Å². The second-order valence-corrected chi connectivity index (χ2v) is 4.50. The second-order valence-electron chi connectivity index (χ2n) is 4.50. The molecule has 3 rings (SSSR count). The Labute approximate surface area is 117 Å². The zero-order valence-electron chi connectivity index (χ0n) is 11.5. The molecule has 3 heterocycles. The van der Waals surface area contributed by atoms with Crippen molar-refractivity contribution in [1.29, 1.82) is 0 Å². The number of aromatic amines is 1. The van der Waals surface area contributed by atoms with Gasteiger partial charge >= 0.3 is 0 Å². The van der Waals surface area contributed by atoms with Gasteiger partial charge in [-0.1, -0.05) is 0 Å². The van der Waals surface area contributed by atoms with Crippen LogP contribution in [-0.2, 0) is 4.74 Å². The number of rotatable bonds is 4. The Bertz CT molecular complexity index is 550. The number of aromatic nitrogens is 4. The molecule has 2 aromatic rings. The van der Waals surface area contributed by atoms with Crippen LogP contribution in [0.15, 0.2) is 18.3 Å². The Morgan fingerprint density at radius 2 is 2.15 bits per heavy atom. The van der Waals surface area contributed by atoms with Gasteiger partial charge in [-0.15, -0.1) is 0 Å². The zero-order valence-corrected chi connectivity index (χ0v) is 11.5. The molecule has 106 valence electrons. The van der Waals surface area contributed by atoms with Gasteiger partial charge in [-0.2, -0.15) is 15.0 Å². The van der Waals surface area contributed by atoms with Crippen LogP contribution in [0.1, 0.15) is 6.92 Å². The molecule has 2 N–H and O–H groups in total. The fraction of sp³-hybridized carbons (Fsp3) is 0.462. The average molecular weight is 274 g/mol. The maximum atomic E-state index is 5.37. The standard InChI is InChI=1S/C13H18N6O/c1-2-14-12-16-11(10-4-3-5-15-10)17-13(18-12)19-6-8-20-9-7-19/h3-5,15H,2,6-9H2,1H3,(H,14,16,17,18). The van der Waals surface area contributed by atoms with Gasteiger partial charge in [0.15, 0.2) is 5.82 Å². The molecule has 1 saturated heterocycles. The van der Waals surface area contributed by atoms with Crippen molar-refractivity contribution in [3.63, 3.8) is 0 Å². The van der Waals surface area contributed by atoms with Crippen LogP contribution in [0.5, 0.6) is 0 Å². The van der Waals surface area contributed by atoms with Gasteiger partial charge in [0.05, 0.1) is 18.9 Å². The monoisotopic (exact) mass is 274 g/mol. The highest BCUT2D eigenvalue weighted by atomic mass is 16.5. The summed E-state index contributed by atoms with van der Waals surface area (Å²) in [6, 6.07) is 3.88. The van der Waals surface area contributed by atoms with E-state index in [1.807, 2.05) is 25.3 Å². The van der Waals surface area contributed by atoms with Crippen LogP contribution in [0.2, 0.25) is 0 Å². The summed E-state index contributed by atoms with van der Waals surface area (Å²) < 4.78 is 5.37. The predicted octanol–water partition coefficient (Wildman–Crippen LogP) is 1.14. The molecule has 0 amide bonds. The van der Waals surface area contributed by atoms with Crippen LogP contribution < -0.4 is 10.2 Å². The summed E-state index contributed by atoms with van der Waals surface area (Å²) in [4.78, 5) is 18.7. The first-order valence-electron chi connectivity index (χ1n) is 6.83. The Hall–Kier alpha value is -2.15. The Balaban J connectivity index is 1.95. The van der Waals surface area contributed by atoms with E-state index < -0.39 is 0 Å². The van der Waals surface area contributed by atoms with Gasteiger partial charge < -0.3 is 19.9 Å². The zero-order chi connectivity index (χ0) is 13.8. The molecule has 0 spiro atoms. The third-order valence-electron chi connectivity index (χ3n) is 3.09. The smallest absolute Gasteiger partial charge is 0.230 e. The summed E-state index contributed by atoms with van der Waals surface area (Å²) in [6.07, 6.45) is 1.86. The number of hydrogen-bond donors (Lipinski definition) is 2. The predicted molar refractivity (Wildman–Crippen MR) is 76.8 cm³/mol. The van der Waals surface area contributed by atoms with Crippen molar-refractivity contribution in [3.05, 3.63) is 18.3 Å². The number of anilines is 2. The van der Waals surface area contributed by atoms with Gasteiger partial charge in [0.1, 0.15) is 0 Å². The van der Waals surface area contributed by atoms with E-state index in [1.54, 1.807) is 0 Å². The van der Waals surface area contributed by atoms with Gasteiger partial charge in [-0.05, 0) is 19.1 Å². The summed E-state index contributed by atoms with van der Waals surface area (Å²) in [5, 5.41) is 3.16. The molecule has 1 fully saturated rings. The maximum absolute atomic E-state index is 5.37. The minimum absolute atomic E-state index is 0.605. The summed E-state index contributed by atoms with van der Waals surface area (Å²) in [6.45, 7) is 5.82. The van der Waals surface area contributed by atoms with Gasteiger partial charge in [-0.25, -0.2) is 0 Å². The van der Waals surface area contributed by atoms with Gasteiger partial charge in [0.25, 0.3) is 0 Å². The lowest BCUT2D eigenvalue weighted by atomic mass is 10.4. The third kappa shape index (κ3) is 2.72. The van der Waals surface area contributed by atoms with Crippen LogP contribution in [0, 0.1) is 0 Å². The van der Waals surface area contributed by atoms with E-state index in [0.717, 1.165) is 25.3 Å². The lowest BCUT2D eigenvalue weighted by Gasteiger charge is -2.27. The first-order chi connectivity index (χ1) is 9.86. The molecule has 0 unspecified atom stereocenters. The molecule has 2 aromatic heterocycles. The summed E-state index contributed by atoms with van der Waals surface area (Å²) in [5.74, 6) is 1.96. The van der Waals surface area contributed by atoms with E-state index in [2.05, 4.69) is 30.2 Å². The number of nitrogens with zero attached hydrogens (tertiary/aromatic N) is 4. The van der Waals surface area contributed by atoms with Crippen LogP contribution in [0.3, 0.4) is 0 Å². The van der Waals surface area contributed by atoms with Crippen molar-refractivity contribution in [3.8, 4) is 11.5 Å². The highest BCUT2D eigenvalue weighted by molar-refractivity contribution is 5.54. The van der Waals surface area contributed by atoms with Gasteiger partial charge in [0, 0.05) is 25.8 Å². The van der Waals surface area contributed by atoms with Crippen LogP contribution in [-0.4, -0.2) is 52.8 Å². The summed E-state index contributed by atoms with van der Waals surface area (Å²) >= 11 is 0. The van der Waals surface area contributed by atoms with E-state index in [1.165, 1.54) is 0 Å². The van der Waals surface area contributed by atoms with Gasteiger partial charge in [-0.3, -0.25) is 0 Å². The number of morpholine rings is 1. The highest BCUT2D eigenvalue weighted by Gasteiger charge is 2.17. The van der Waals surface area contributed by atoms with Crippen molar-refractivity contribution in [2.75, 3.05) is 43.1 Å². The molecular formula is C13H18N6O. The first-order valence-corrected chi connectivity index (χ1v) is 6.83. The van der Waals surface area contributed by atoms with Crippen LogP contribution >= 0.6 is 0 Å². The van der Waals surface area contributed by atoms with E-state index in [9.17, 15) is 0 Å². The van der Waals surface area contributed by atoms with Crippen molar-refractivity contribution < 1.29 is 4.74 Å². The number of ether oxygens (including phenoxy) is 1. The van der Waals surface area contributed by atoms with E-state index in [-0.39, 0.29) is 0 Å². The third-order valence-corrected chi connectivity index (χ3v) is 3.09. The fourth-order valence-electron chi connectivity index (χ4n) is 2.10. The van der Waals surface area contributed by atoms with Crippen molar-refractivity contribution in [1.82, 2.24) is 19.9 Å². The second kappa shape index (κ2) is 5.87. The summed E-state index contributed by atoms with van der Waals surface area (Å²) in [7, 11) is 0. The van der Waals surface area contributed by atoms with Crippen molar-refractivity contribution >= 4 is 11.9 Å².